The van der Waals surface area contributed by atoms with Gasteiger partial charge >= 0.3 is 0 Å². The van der Waals surface area contributed by atoms with Crippen LogP contribution in [-0.4, -0.2) is 30.4 Å². The minimum absolute atomic E-state index is 0.0360. The molecular weight excluding hydrogens is 279 g/mol. The molecule has 0 radical (unpaired) electrons. The molecule has 7 heteroatoms. The quantitative estimate of drug-likeness (QED) is 0.775. The topological polar surface area (TPSA) is 84.5 Å². The number of amides is 3. The Morgan fingerprint density at radius 1 is 1.43 bits per heavy atom. The van der Waals surface area contributed by atoms with E-state index in [2.05, 4.69) is 10.6 Å². The summed E-state index contributed by atoms with van der Waals surface area (Å²) < 4.78 is 18.1. The summed E-state index contributed by atoms with van der Waals surface area (Å²) in [6.45, 7) is 0.0720. The molecule has 2 rings (SSSR count). The average molecular weight is 294 g/mol. The second-order valence-corrected chi connectivity index (χ2v) is 4.63. The zero-order valence-corrected chi connectivity index (χ0v) is 11.2. The molecule has 1 unspecified atom stereocenters. The van der Waals surface area contributed by atoms with E-state index in [0.717, 1.165) is 0 Å². The Labute approximate surface area is 120 Å². The van der Waals surface area contributed by atoms with E-state index in [1.807, 2.05) is 0 Å². The second-order valence-electron chi connectivity index (χ2n) is 4.63. The number of benzene rings is 1. The Morgan fingerprint density at radius 3 is 2.95 bits per heavy atom. The van der Waals surface area contributed by atoms with Crippen molar-refractivity contribution in [3.8, 4) is 5.75 Å². The molecule has 6 nitrogen and oxygen atoms in total. The highest BCUT2D eigenvalue weighted by molar-refractivity contribution is 6.01. The van der Waals surface area contributed by atoms with Gasteiger partial charge in [-0.05, 0) is 18.6 Å². The molecule has 0 aliphatic carbocycles. The van der Waals surface area contributed by atoms with Gasteiger partial charge in [-0.3, -0.25) is 19.7 Å². The summed E-state index contributed by atoms with van der Waals surface area (Å²) >= 11 is 0. The molecule has 1 atom stereocenters. The van der Waals surface area contributed by atoms with Crippen LogP contribution in [0.25, 0.3) is 0 Å². The van der Waals surface area contributed by atoms with Crippen LogP contribution >= 0.6 is 0 Å². The Kier molecular flexibility index (Phi) is 4.86. The molecule has 2 N–H and O–H groups in total. The summed E-state index contributed by atoms with van der Waals surface area (Å²) in [6.07, 6.45) is 0.534. The van der Waals surface area contributed by atoms with Crippen LogP contribution in [0.2, 0.25) is 0 Å². The van der Waals surface area contributed by atoms with Crippen molar-refractivity contribution in [1.29, 1.82) is 0 Å². The fourth-order valence-corrected chi connectivity index (χ4v) is 1.92. The van der Waals surface area contributed by atoms with Gasteiger partial charge in [-0.2, -0.15) is 0 Å². The van der Waals surface area contributed by atoms with Crippen LogP contribution in [0.4, 0.5) is 4.39 Å². The first-order chi connectivity index (χ1) is 10.0. The standard InChI is InChI=1S/C14H15FN2O4/c15-9-2-1-3-10(8-9)21-7-6-13(19)16-11-4-5-12(18)17-14(11)20/h1-3,8,11H,4-7H2,(H,16,19)(H,17,18,20). The molecule has 1 heterocycles. The molecule has 0 aromatic heterocycles. The molecular formula is C14H15FN2O4. The number of imide groups is 1. The number of nitrogens with one attached hydrogen (secondary N) is 2. The van der Waals surface area contributed by atoms with Crippen molar-refractivity contribution in [2.45, 2.75) is 25.3 Å². The summed E-state index contributed by atoms with van der Waals surface area (Å²) in [6, 6.07) is 4.92. The Bertz CT molecular complexity index is 562. The third kappa shape index (κ3) is 4.55. The van der Waals surface area contributed by atoms with Crippen molar-refractivity contribution in [2.75, 3.05) is 6.61 Å². The van der Waals surface area contributed by atoms with Crippen LogP contribution in [-0.2, 0) is 14.4 Å². The summed E-state index contributed by atoms with van der Waals surface area (Å²) in [5.74, 6) is -1.27. The Morgan fingerprint density at radius 2 is 2.24 bits per heavy atom. The lowest BCUT2D eigenvalue weighted by atomic mass is 10.1. The van der Waals surface area contributed by atoms with Gasteiger partial charge in [0.05, 0.1) is 13.0 Å². The summed E-state index contributed by atoms with van der Waals surface area (Å²) in [7, 11) is 0. The third-order valence-electron chi connectivity index (χ3n) is 2.97. The maximum Gasteiger partial charge on any atom is 0.249 e. The van der Waals surface area contributed by atoms with Gasteiger partial charge in [0.1, 0.15) is 17.6 Å². The molecule has 3 amide bonds. The number of ether oxygens (including phenoxy) is 1. The Balaban J connectivity index is 1.72. The summed E-state index contributed by atoms with van der Waals surface area (Å²) in [5.41, 5.74) is 0. The lowest BCUT2D eigenvalue weighted by molar-refractivity contribution is -0.137. The number of halogens is 1. The maximum absolute atomic E-state index is 12.9. The van der Waals surface area contributed by atoms with E-state index in [9.17, 15) is 18.8 Å². The molecule has 112 valence electrons. The first-order valence-corrected chi connectivity index (χ1v) is 6.56. The van der Waals surface area contributed by atoms with Crippen molar-refractivity contribution in [3.63, 3.8) is 0 Å². The monoisotopic (exact) mass is 294 g/mol. The first kappa shape index (κ1) is 15.0. The van der Waals surface area contributed by atoms with E-state index >= 15 is 0 Å². The lowest BCUT2D eigenvalue weighted by Gasteiger charge is -2.21. The van der Waals surface area contributed by atoms with E-state index in [1.165, 1.54) is 18.2 Å². The van der Waals surface area contributed by atoms with Gasteiger partial charge in [0.15, 0.2) is 0 Å². The van der Waals surface area contributed by atoms with Crippen molar-refractivity contribution < 1.29 is 23.5 Å². The fraction of sp³-hybridized carbons (Fsp3) is 0.357. The minimum atomic E-state index is -0.690. The zero-order valence-electron chi connectivity index (χ0n) is 11.2. The lowest BCUT2D eigenvalue weighted by Crippen LogP contribution is -2.52. The molecule has 1 aliphatic heterocycles. The van der Waals surface area contributed by atoms with Crippen molar-refractivity contribution in [3.05, 3.63) is 30.1 Å². The van der Waals surface area contributed by atoms with E-state index in [1.54, 1.807) is 6.07 Å². The number of piperidine rings is 1. The van der Waals surface area contributed by atoms with E-state index < -0.39 is 17.8 Å². The van der Waals surface area contributed by atoms with Crippen molar-refractivity contribution >= 4 is 17.7 Å². The van der Waals surface area contributed by atoms with Crippen LogP contribution in [0, 0.1) is 5.82 Å². The average Bonchev–Trinajstić information content (AvgIpc) is 2.42. The van der Waals surface area contributed by atoms with Crippen LogP contribution < -0.4 is 15.4 Å². The van der Waals surface area contributed by atoms with Gasteiger partial charge in [0, 0.05) is 12.5 Å². The van der Waals surface area contributed by atoms with Gasteiger partial charge in [-0.15, -0.1) is 0 Å². The third-order valence-corrected chi connectivity index (χ3v) is 2.97. The SMILES string of the molecule is O=C1CCC(NC(=O)CCOc2cccc(F)c2)C(=O)N1. The molecule has 1 fully saturated rings. The molecule has 1 aliphatic rings. The fourth-order valence-electron chi connectivity index (χ4n) is 1.92. The summed E-state index contributed by atoms with van der Waals surface area (Å²) in [5, 5.41) is 4.69. The van der Waals surface area contributed by atoms with Gasteiger partial charge in [-0.25, -0.2) is 4.39 Å². The molecule has 1 aromatic carbocycles. The minimum Gasteiger partial charge on any atom is -0.493 e. The van der Waals surface area contributed by atoms with Crippen LogP contribution in [0.3, 0.4) is 0 Å². The molecule has 0 spiro atoms. The summed E-state index contributed by atoms with van der Waals surface area (Å²) in [4.78, 5) is 34.1. The number of rotatable bonds is 5. The molecule has 0 bridgehead atoms. The number of hydrogen-bond acceptors (Lipinski definition) is 4. The molecule has 1 aromatic rings. The smallest absolute Gasteiger partial charge is 0.249 e. The Hall–Kier alpha value is -2.44. The predicted molar refractivity (Wildman–Crippen MR) is 70.8 cm³/mol. The maximum atomic E-state index is 12.9. The molecule has 0 saturated carbocycles. The highest BCUT2D eigenvalue weighted by atomic mass is 19.1. The normalized spacial score (nSPS) is 18.0. The van der Waals surface area contributed by atoms with E-state index in [-0.39, 0.29) is 31.3 Å². The van der Waals surface area contributed by atoms with Crippen LogP contribution in [0.1, 0.15) is 19.3 Å². The van der Waals surface area contributed by atoms with Crippen molar-refractivity contribution in [2.24, 2.45) is 0 Å². The number of hydrogen-bond donors (Lipinski definition) is 2. The van der Waals surface area contributed by atoms with Gasteiger partial charge in [0.25, 0.3) is 0 Å². The number of carbonyl (C=O) groups is 3. The van der Waals surface area contributed by atoms with Crippen molar-refractivity contribution in [1.82, 2.24) is 10.6 Å². The predicted octanol–water partition coefficient (Wildman–Crippen LogP) is 0.516. The molecule has 21 heavy (non-hydrogen) atoms. The van der Waals surface area contributed by atoms with Crippen LogP contribution in [0.5, 0.6) is 5.75 Å². The highest BCUT2D eigenvalue weighted by Gasteiger charge is 2.27. The first-order valence-electron chi connectivity index (χ1n) is 6.56. The van der Waals surface area contributed by atoms with Gasteiger partial charge < -0.3 is 10.1 Å². The van der Waals surface area contributed by atoms with Gasteiger partial charge in [-0.1, -0.05) is 6.07 Å². The highest BCUT2D eigenvalue weighted by Crippen LogP contribution is 2.12. The molecule has 1 saturated heterocycles. The zero-order chi connectivity index (χ0) is 15.2. The van der Waals surface area contributed by atoms with Gasteiger partial charge in [0.2, 0.25) is 17.7 Å². The second kappa shape index (κ2) is 6.83. The van der Waals surface area contributed by atoms with E-state index in [4.69, 9.17) is 4.74 Å². The van der Waals surface area contributed by atoms with Crippen LogP contribution in [0.15, 0.2) is 24.3 Å². The number of carbonyl (C=O) groups excluding carboxylic acids is 3. The van der Waals surface area contributed by atoms with E-state index in [0.29, 0.717) is 12.2 Å². The largest absolute Gasteiger partial charge is 0.493 e.